The van der Waals surface area contributed by atoms with Crippen LogP contribution < -0.4 is 0 Å². The van der Waals surface area contributed by atoms with E-state index in [1.54, 1.807) is 34.7 Å². The SMILES string of the molecule is Fc1c(F)c(F)c2c(c1F)c1cccc3ccc2n31. The van der Waals surface area contributed by atoms with E-state index in [2.05, 4.69) is 0 Å². The third-order valence-electron chi connectivity index (χ3n) is 3.45. The molecule has 3 heterocycles. The van der Waals surface area contributed by atoms with Gasteiger partial charge in [0, 0.05) is 16.3 Å². The molecule has 0 aliphatic carbocycles. The van der Waals surface area contributed by atoms with Crippen LogP contribution in [0.2, 0.25) is 0 Å². The maximum atomic E-state index is 13.9. The van der Waals surface area contributed by atoms with Crippen molar-refractivity contribution in [2.24, 2.45) is 0 Å². The Bertz CT molecular complexity index is 928. The summed E-state index contributed by atoms with van der Waals surface area (Å²) in [6.45, 7) is 0. The topological polar surface area (TPSA) is 4.41 Å². The summed E-state index contributed by atoms with van der Waals surface area (Å²) < 4.78 is 56.1. The van der Waals surface area contributed by atoms with Crippen molar-refractivity contribution in [1.82, 2.24) is 4.40 Å². The smallest absolute Gasteiger partial charge is 0.198 e. The molecule has 94 valence electrons. The van der Waals surface area contributed by atoms with E-state index in [4.69, 9.17) is 0 Å². The first-order valence-corrected chi connectivity index (χ1v) is 5.58. The van der Waals surface area contributed by atoms with Crippen LogP contribution in [0.1, 0.15) is 0 Å². The number of rotatable bonds is 0. The molecule has 4 aromatic rings. The first-order valence-electron chi connectivity index (χ1n) is 5.58. The maximum absolute atomic E-state index is 13.9. The Morgan fingerprint density at radius 3 is 1.84 bits per heavy atom. The molecule has 0 radical (unpaired) electrons. The maximum Gasteiger partial charge on any atom is 0.198 e. The molecule has 0 atom stereocenters. The van der Waals surface area contributed by atoms with Gasteiger partial charge in [0.2, 0.25) is 0 Å². The minimum Gasteiger partial charge on any atom is -0.309 e. The zero-order valence-electron chi connectivity index (χ0n) is 9.35. The predicted octanol–water partition coefficient (Wildman–Crippen LogP) is 4.24. The second-order valence-corrected chi connectivity index (χ2v) is 4.40. The molecule has 4 rings (SSSR count). The Hall–Kier alpha value is -2.30. The monoisotopic (exact) mass is 263 g/mol. The standard InChI is InChI=1S/C14H5F4N/c15-11-9-7-3-1-2-6-4-5-8(19(6)7)10(9)12(16)14(18)13(11)17/h1-5H. The third-order valence-corrected chi connectivity index (χ3v) is 3.45. The zero-order valence-corrected chi connectivity index (χ0v) is 9.35. The molecule has 0 N–H and O–H groups in total. The van der Waals surface area contributed by atoms with E-state index in [0.717, 1.165) is 0 Å². The number of aromatic nitrogens is 1. The Labute approximate surface area is 104 Å². The van der Waals surface area contributed by atoms with Crippen molar-refractivity contribution in [1.29, 1.82) is 0 Å². The van der Waals surface area contributed by atoms with Crippen LogP contribution in [0.25, 0.3) is 27.3 Å². The van der Waals surface area contributed by atoms with Gasteiger partial charge < -0.3 is 4.40 Å². The molecule has 0 amide bonds. The summed E-state index contributed by atoms with van der Waals surface area (Å²) in [5.74, 6) is -6.27. The lowest BCUT2D eigenvalue weighted by atomic mass is 10.1. The van der Waals surface area contributed by atoms with E-state index in [0.29, 0.717) is 16.6 Å². The molecule has 0 unspecified atom stereocenters. The van der Waals surface area contributed by atoms with Crippen LogP contribution in [0.5, 0.6) is 0 Å². The van der Waals surface area contributed by atoms with Crippen molar-refractivity contribution in [3.05, 3.63) is 53.6 Å². The van der Waals surface area contributed by atoms with E-state index < -0.39 is 23.3 Å². The van der Waals surface area contributed by atoms with E-state index in [1.807, 2.05) is 0 Å². The van der Waals surface area contributed by atoms with E-state index in [9.17, 15) is 17.6 Å². The summed E-state index contributed by atoms with van der Waals surface area (Å²) in [7, 11) is 0. The zero-order chi connectivity index (χ0) is 13.3. The molecule has 0 saturated carbocycles. The van der Waals surface area contributed by atoms with Crippen molar-refractivity contribution >= 4 is 27.3 Å². The van der Waals surface area contributed by atoms with Gasteiger partial charge in [-0.1, -0.05) is 6.07 Å². The number of hydrogen-bond donors (Lipinski definition) is 0. The van der Waals surface area contributed by atoms with Crippen LogP contribution in [0.15, 0.2) is 30.3 Å². The number of benzene rings is 1. The fourth-order valence-corrected chi connectivity index (χ4v) is 2.67. The van der Waals surface area contributed by atoms with Crippen LogP contribution >= 0.6 is 0 Å². The van der Waals surface area contributed by atoms with E-state index in [1.165, 1.54) is 0 Å². The Morgan fingerprint density at radius 1 is 0.632 bits per heavy atom. The Morgan fingerprint density at radius 2 is 1.21 bits per heavy atom. The van der Waals surface area contributed by atoms with Crippen LogP contribution in [0, 0.1) is 23.3 Å². The molecule has 0 fully saturated rings. The summed E-state index contributed by atoms with van der Waals surface area (Å²) in [4.78, 5) is 0. The fraction of sp³-hybridized carbons (Fsp3) is 0. The first-order chi connectivity index (χ1) is 9.11. The van der Waals surface area contributed by atoms with Crippen molar-refractivity contribution in [2.75, 3.05) is 0 Å². The second-order valence-electron chi connectivity index (χ2n) is 4.40. The van der Waals surface area contributed by atoms with Gasteiger partial charge in [-0.15, -0.1) is 0 Å². The predicted molar refractivity (Wildman–Crippen MR) is 63.4 cm³/mol. The lowest BCUT2D eigenvalue weighted by Gasteiger charge is -2.00. The molecular formula is C14H5F4N. The second kappa shape index (κ2) is 3.17. The average molecular weight is 263 g/mol. The van der Waals surface area contributed by atoms with Gasteiger partial charge in [0.05, 0.1) is 11.0 Å². The molecule has 0 aliphatic rings. The summed E-state index contributed by atoms with van der Waals surface area (Å²) in [6.07, 6.45) is 0. The normalized spacial score (nSPS) is 12.2. The van der Waals surface area contributed by atoms with Gasteiger partial charge in [0.1, 0.15) is 0 Å². The largest absolute Gasteiger partial charge is 0.309 e. The van der Waals surface area contributed by atoms with Gasteiger partial charge in [0.15, 0.2) is 23.3 Å². The molecular weight excluding hydrogens is 258 g/mol. The summed E-state index contributed by atoms with van der Waals surface area (Å²) in [6, 6.07) is 8.22. The third kappa shape index (κ3) is 1.06. The lowest BCUT2D eigenvalue weighted by molar-refractivity contribution is 0.418. The molecule has 5 heteroatoms. The molecule has 0 aliphatic heterocycles. The Kier molecular flexibility index (Phi) is 1.77. The number of nitrogens with zero attached hydrogens (tertiary/aromatic N) is 1. The number of halogens is 4. The summed E-state index contributed by atoms with van der Waals surface area (Å²) in [5.41, 5.74) is 1.36. The highest BCUT2D eigenvalue weighted by molar-refractivity contribution is 6.10. The molecule has 3 aromatic heterocycles. The summed E-state index contributed by atoms with van der Waals surface area (Å²) in [5, 5.41) is -0.449. The van der Waals surface area contributed by atoms with Gasteiger partial charge in [-0.25, -0.2) is 17.6 Å². The lowest BCUT2D eigenvalue weighted by Crippen LogP contribution is -1.96. The van der Waals surface area contributed by atoms with Gasteiger partial charge in [-0.05, 0) is 24.3 Å². The molecule has 0 saturated heterocycles. The van der Waals surface area contributed by atoms with E-state index >= 15 is 0 Å². The quantitative estimate of drug-likeness (QED) is 0.254. The highest BCUT2D eigenvalue weighted by Gasteiger charge is 2.25. The van der Waals surface area contributed by atoms with Crippen molar-refractivity contribution < 1.29 is 17.6 Å². The number of pyridine rings is 1. The van der Waals surface area contributed by atoms with Gasteiger partial charge in [0.25, 0.3) is 0 Å². The molecule has 1 nitrogen and oxygen atoms in total. The fourth-order valence-electron chi connectivity index (χ4n) is 2.67. The highest BCUT2D eigenvalue weighted by Crippen LogP contribution is 2.37. The van der Waals surface area contributed by atoms with Crippen LogP contribution in [-0.2, 0) is 0 Å². The average Bonchev–Trinajstić information content (AvgIpc) is 2.98. The van der Waals surface area contributed by atoms with Crippen molar-refractivity contribution in [3.63, 3.8) is 0 Å². The van der Waals surface area contributed by atoms with E-state index in [-0.39, 0.29) is 10.8 Å². The highest BCUT2D eigenvalue weighted by atomic mass is 19.2. The minimum absolute atomic E-state index is 0.224. The van der Waals surface area contributed by atoms with Crippen LogP contribution in [-0.4, -0.2) is 4.40 Å². The van der Waals surface area contributed by atoms with Gasteiger partial charge >= 0.3 is 0 Å². The number of hydrogen-bond acceptors (Lipinski definition) is 0. The first kappa shape index (κ1) is 10.6. The van der Waals surface area contributed by atoms with Gasteiger partial charge in [-0.3, -0.25) is 0 Å². The van der Waals surface area contributed by atoms with Crippen LogP contribution in [0.3, 0.4) is 0 Å². The van der Waals surface area contributed by atoms with Crippen molar-refractivity contribution in [2.45, 2.75) is 0 Å². The molecule has 19 heavy (non-hydrogen) atoms. The molecule has 1 aromatic carbocycles. The minimum atomic E-state index is -1.78. The number of fused-ring (bicyclic) bond motifs is 3. The molecule has 0 spiro atoms. The van der Waals surface area contributed by atoms with Crippen molar-refractivity contribution in [3.8, 4) is 0 Å². The summed E-state index contributed by atoms with van der Waals surface area (Å²) >= 11 is 0. The Balaban J connectivity index is 2.48. The van der Waals surface area contributed by atoms with Gasteiger partial charge in [-0.2, -0.15) is 0 Å². The van der Waals surface area contributed by atoms with Crippen LogP contribution in [0.4, 0.5) is 17.6 Å². The molecule has 0 bridgehead atoms.